The molecule has 0 saturated carbocycles. The highest BCUT2D eigenvalue weighted by Crippen LogP contribution is 2.04. The number of nitrogens with zero attached hydrogens (tertiary/aromatic N) is 1. The maximum absolute atomic E-state index is 10.8. The summed E-state index contributed by atoms with van der Waals surface area (Å²) in [6, 6.07) is -0.454. The summed E-state index contributed by atoms with van der Waals surface area (Å²) in [4.78, 5) is 10.8. The van der Waals surface area contributed by atoms with E-state index in [2.05, 4.69) is 5.32 Å². The molecule has 0 spiro atoms. The Balaban J connectivity index is 3.67. The van der Waals surface area contributed by atoms with Gasteiger partial charge in [0.1, 0.15) is 12.6 Å². The van der Waals surface area contributed by atoms with E-state index in [9.17, 15) is 10.0 Å². The van der Waals surface area contributed by atoms with Crippen molar-refractivity contribution in [3.63, 3.8) is 0 Å². The fourth-order valence-corrected chi connectivity index (χ4v) is 1.41. The number of carboxylic acids is 1. The molecule has 5 nitrogen and oxygen atoms in total. The highest BCUT2D eigenvalue weighted by molar-refractivity contribution is 5.73. The monoisotopic (exact) mass is 219 g/mol. The van der Waals surface area contributed by atoms with Gasteiger partial charge in [-0.25, -0.2) is 5.21 Å². The molecule has 0 aromatic carbocycles. The lowest BCUT2D eigenvalue weighted by Crippen LogP contribution is -2.38. The van der Waals surface area contributed by atoms with E-state index in [0.717, 1.165) is 12.8 Å². The summed E-state index contributed by atoms with van der Waals surface area (Å²) in [5.41, 5.74) is 0. The summed E-state index contributed by atoms with van der Waals surface area (Å²) in [6.07, 6.45) is 2.26. The van der Waals surface area contributed by atoms with E-state index in [1.807, 2.05) is 6.92 Å². The van der Waals surface area contributed by atoms with Crippen LogP contribution in [0, 0.1) is 0 Å². The minimum atomic E-state index is -0.797. The Kier molecular flexibility index (Phi) is 6.47. The molecule has 0 aromatic rings. The summed E-state index contributed by atoms with van der Waals surface area (Å²) < 4.78 is -0.0566. The van der Waals surface area contributed by atoms with Gasteiger partial charge < -0.3 is 10.4 Å². The van der Waals surface area contributed by atoms with Crippen molar-refractivity contribution in [2.24, 2.45) is 0 Å². The van der Waals surface area contributed by atoms with E-state index < -0.39 is 12.0 Å². The van der Waals surface area contributed by atoms with Gasteiger partial charge in [-0.1, -0.05) is 6.92 Å². The number of aliphatic carboxylic acids is 1. The summed E-state index contributed by atoms with van der Waals surface area (Å²) in [6.45, 7) is 3.21. The molecule has 0 amide bonds. The SMILES string of the molecule is CCN[C@@H](CCCC[N+](C)(C)O)C(=O)O. The first-order chi connectivity index (χ1) is 6.87. The molecule has 0 aliphatic heterocycles. The molecule has 1 atom stereocenters. The maximum atomic E-state index is 10.8. The largest absolute Gasteiger partial charge is 0.480 e. The first kappa shape index (κ1) is 14.3. The van der Waals surface area contributed by atoms with Crippen molar-refractivity contribution in [2.45, 2.75) is 32.2 Å². The average molecular weight is 219 g/mol. The lowest BCUT2D eigenvalue weighted by molar-refractivity contribution is -1.07. The third kappa shape index (κ3) is 8.35. The number of carbonyl (C=O) groups is 1. The second-order valence-electron chi connectivity index (χ2n) is 4.29. The number of rotatable bonds is 8. The van der Waals surface area contributed by atoms with Crippen LogP contribution in [-0.4, -0.2) is 54.2 Å². The van der Waals surface area contributed by atoms with Crippen LogP contribution in [-0.2, 0) is 4.79 Å². The molecular formula is C10H23N2O3+. The minimum absolute atomic E-state index is 0.0566. The lowest BCUT2D eigenvalue weighted by Gasteiger charge is -2.19. The van der Waals surface area contributed by atoms with Crippen LogP contribution in [0.1, 0.15) is 26.2 Å². The third-order valence-corrected chi connectivity index (χ3v) is 2.20. The molecule has 0 aliphatic carbocycles. The van der Waals surface area contributed by atoms with Gasteiger partial charge in [0.2, 0.25) is 0 Å². The Labute approximate surface area is 91.2 Å². The van der Waals surface area contributed by atoms with Crippen LogP contribution in [0.15, 0.2) is 0 Å². The molecule has 3 N–H and O–H groups in total. The second kappa shape index (κ2) is 6.76. The van der Waals surface area contributed by atoms with Crippen molar-refractivity contribution in [2.75, 3.05) is 27.2 Å². The fourth-order valence-electron chi connectivity index (χ4n) is 1.41. The van der Waals surface area contributed by atoms with Gasteiger partial charge in [-0.15, -0.1) is 0 Å². The fraction of sp³-hybridized carbons (Fsp3) is 0.900. The number of hydrogen-bond acceptors (Lipinski definition) is 3. The van der Waals surface area contributed by atoms with Crippen molar-refractivity contribution in [3.8, 4) is 0 Å². The summed E-state index contributed by atoms with van der Waals surface area (Å²) in [5, 5.41) is 21.2. The topological polar surface area (TPSA) is 69.6 Å². The van der Waals surface area contributed by atoms with Crippen LogP contribution in [0.2, 0.25) is 0 Å². The van der Waals surface area contributed by atoms with Crippen molar-refractivity contribution in [3.05, 3.63) is 0 Å². The van der Waals surface area contributed by atoms with E-state index >= 15 is 0 Å². The van der Waals surface area contributed by atoms with Crippen LogP contribution in [0.25, 0.3) is 0 Å². The molecule has 0 unspecified atom stereocenters. The zero-order valence-electron chi connectivity index (χ0n) is 9.86. The molecule has 0 aliphatic rings. The highest BCUT2D eigenvalue weighted by atomic mass is 16.5. The molecule has 0 aromatic heterocycles. The molecule has 0 fully saturated rings. The predicted octanol–water partition coefficient (Wildman–Crippen LogP) is 0.685. The van der Waals surface area contributed by atoms with Crippen molar-refractivity contribution in [1.29, 1.82) is 0 Å². The third-order valence-electron chi connectivity index (χ3n) is 2.20. The standard InChI is InChI=1S/C10H22N2O3/c1-4-11-9(10(13)14)7-5-6-8-12(2,3)15/h9,11,15H,4-8H2,1-3H3/p+1/t9-/m0/s1. The molecule has 0 heterocycles. The van der Waals surface area contributed by atoms with Gasteiger partial charge in [-0.3, -0.25) is 4.79 Å². The Morgan fingerprint density at radius 1 is 1.40 bits per heavy atom. The normalized spacial score (nSPS) is 13.9. The number of likely N-dealkylation sites (N-methyl/N-ethyl adjacent to an activating group) is 1. The average Bonchev–Trinajstić information content (AvgIpc) is 2.08. The molecule has 0 bridgehead atoms. The highest BCUT2D eigenvalue weighted by Gasteiger charge is 2.16. The van der Waals surface area contributed by atoms with Crippen molar-refractivity contribution < 1.29 is 19.8 Å². The predicted molar refractivity (Wildman–Crippen MR) is 57.7 cm³/mol. The number of quaternary nitrogens is 1. The van der Waals surface area contributed by atoms with E-state index in [-0.39, 0.29) is 4.65 Å². The number of carboxylic acid groups (broad SMARTS) is 1. The molecule has 90 valence electrons. The van der Waals surface area contributed by atoms with Crippen LogP contribution < -0.4 is 5.32 Å². The number of nitrogens with one attached hydrogen (secondary N) is 1. The van der Waals surface area contributed by atoms with E-state index in [1.54, 1.807) is 14.1 Å². The van der Waals surface area contributed by atoms with Crippen LogP contribution in [0.3, 0.4) is 0 Å². The zero-order chi connectivity index (χ0) is 11.9. The van der Waals surface area contributed by atoms with Gasteiger partial charge in [0.05, 0.1) is 14.1 Å². The van der Waals surface area contributed by atoms with Gasteiger partial charge >= 0.3 is 5.97 Å². The van der Waals surface area contributed by atoms with E-state index in [0.29, 0.717) is 19.5 Å². The summed E-state index contributed by atoms with van der Waals surface area (Å²) in [7, 11) is 3.41. The van der Waals surface area contributed by atoms with Crippen LogP contribution >= 0.6 is 0 Å². The molecular weight excluding hydrogens is 196 g/mol. The number of unbranched alkanes of at least 4 members (excludes halogenated alkanes) is 1. The molecule has 15 heavy (non-hydrogen) atoms. The Bertz CT molecular complexity index is 190. The quantitative estimate of drug-likeness (QED) is 0.319. The van der Waals surface area contributed by atoms with Crippen molar-refractivity contribution in [1.82, 2.24) is 5.32 Å². The van der Waals surface area contributed by atoms with Gasteiger partial charge in [-0.2, -0.15) is 4.65 Å². The van der Waals surface area contributed by atoms with Gasteiger partial charge in [-0.05, 0) is 25.8 Å². The summed E-state index contributed by atoms with van der Waals surface area (Å²) >= 11 is 0. The minimum Gasteiger partial charge on any atom is -0.480 e. The number of hydroxylamine groups is 3. The molecule has 0 saturated heterocycles. The second-order valence-corrected chi connectivity index (χ2v) is 4.29. The van der Waals surface area contributed by atoms with Crippen LogP contribution in [0.5, 0.6) is 0 Å². The summed E-state index contributed by atoms with van der Waals surface area (Å²) in [5.74, 6) is -0.797. The Hall–Kier alpha value is -0.650. The first-order valence-corrected chi connectivity index (χ1v) is 5.38. The lowest BCUT2D eigenvalue weighted by atomic mass is 10.1. The van der Waals surface area contributed by atoms with Gasteiger partial charge in [0.25, 0.3) is 0 Å². The zero-order valence-corrected chi connectivity index (χ0v) is 9.86. The van der Waals surface area contributed by atoms with Gasteiger partial charge in [0.15, 0.2) is 0 Å². The van der Waals surface area contributed by atoms with Crippen LogP contribution in [0.4, 0.5) is 0 Å². The number of hydrogen-bond donors (Lipinski definition) is 3. The smallest absolute Gasteiger partial charge is 0.320 e. The van der Waals surface area contributed by atoms with Crippen molar-refractivity contribution >= 4 is 5.97 Å². The van der Waals surface area contributed by atoms with E-state index in [1.165, 1.54) is 0 Å². The molecule has 5 heteroatoms. The van der Waals surface area contributed by atoms with Gasteiger partial charge in [0, 0.05) is 0 Å². The first-order valence-electron chi connectivity index (χ1n) is 5.38. The Morgan fingerprint density at radius 3 is 2.40 bits per heavy atom. The van der Waals surface area contributed by atoms with E-state index in [4.69, 9.17) is 5.11 Å². The maximum Gasteiger partial charge on any atom is 0.320 e. The molecule has 0 radical (unpaired) electrons. The Morgan fingerprint density at radius 2 is 2.00 bits per heavy atom. The molecule has 0 rings (SSSR count).